The van der Waals surface area contributed by atoms with Crippen LogP contribution in [0.25, 0.3) is 0 Å². The summed E-state index contributed by atoms with van der Waals surface area (Å²) in [4.78, 5) is 19.9. The molecule has 170 valence electrons. The van der Waals surface area contributed by atoms with E-state index in [4.69, 9.17) is 0 Å². The van der Waals surface area contributed by atoms with E-state index in [2.05, 4.69) is 15.6 Å². The lowest BCUT2D eigenvalue weighted by molar-refractivity contribution is -0.181. The number of alkyl halides is 3. The Kier molecular flexibility index (Phi) is 10.7. The van der Waals surface area contributed by atoms with Crippen LogP contribution < -0.4 is 10.6 Å². The molecule has 1 aliphatic heterocycles. The number of nitrogens with zero attached hydrogens (tertiary/aromatic N) is 3. The van der Waals surface area contributed by atoms with E-state index in [0.717, 1.165) is 0 Å². The number of carbonyl (C=O) groups is 1. The molecule has 1 heterocycles. The van der Waals surface area contributed by atoms with Gasteiger partial charge in [-0.1, -0.05) is 0 Å². The molecule has 7 nitrogen and oxygen atoms in total. The lowest BCUT2D eigenvalue weighted by Gasteiger charge is -2.39. The van der Waals surface area contributed by atoms with Crippen molar-refractivity contribution in [2.75, 3.05) is 45.8 Å². The second-order valence-electron chi connectivity index (χ2n) is 6.78. The lowest BCUT2D eigenvalue weighted by atomic mass is 10.2. The molecule has 0 bridgehead atoms. The molecule has 3 N–H and O–H groups in total. The minimum absolute atomic E-state index is 0. The number of benzene rings is 1. The number of phenols is 1. The number of aromatic hydroxyl groups is 1. The van der Waals surface area contributed by atoms with Gasteiger partial charge in [-0.3, -0.25) is 14.7 Å². The first-order chi connectivity index (χ1) is 13.7. The minimum atomic E-state index is -4.23. The Balaban J connectivity index is 0.00000450. The van der Waals surface area contributed by atoms with Gasteiger partial charge < -0.3 is 20.6 Å². The van der Waals surface area contributed by atoms with Crippen molar-refractivity contribution >= 4 is 35.8 Å². The smallest absolute Gasteiger partial charge is 0.403 e. The molecule has 0 aliphatic carbocycles. The van der Waals surface area contributed by atoms with Gasteiger partial charge in [0.15, 0.2) is 5.96 Å². The van der Waals surface area contributed by atoms with E-state index in [1.165, 1.54) is 36.1 Å². The lowest BCUT2D eigenvalue weighted by Crippen LogP contribution is -2.56. The first-order valence-corrected chi connectivity index (χ1v) is 9.63. The van der Waals surface area contributed by atoms with Gasteiger partial charge in [0.1, 0.15) is 11.8 Å². The number of phenolic OH excluding ortho intramolecular Hbond substituents is 1. The number of hydrogen-bond acceptors (Lipinski definition) is 4. The maximum absolute atomic E-state index is 12.9. The monoisotopic (exact) mass is 543 g/mol. The van der Waals surface area contributed by atoms with E-state index >= 15 is 0 Å². The summed E-state index contributed by atoms with van der Waals surface area (Å²) in [7, 11) is 0. The highest BCUT2D eigenvalue weighted by Crippen LogP contribution is 2.25. The van der Waals surface area contributed by atoms with Crippen molar-refractivity contribution in [3.05, 3.63) is 29.8 Å². The summed E-state index contributed by atoms with van der Waals surface area (Å²) in [5.41, 5.74) is 0.439. The van der Waals surface area contributed by atoms with Crippen LogP contribution in [0, 0.1) is 0 Å². The number of guanidine groups is 1. The fourth-order valence-corrected chi connectivity index (χ4v) is 3.00. The van der Waals surface area contributed by atoms with Crippen LogP contribution in [0.1, 0.15) is 24.2 Å². The number of aliphatic imine (C=N–C) groups is 1. The van der Waals surface area contributed by atoms with Gasteiger partial charge in [0.2, 0.25) is 0 Å². The molecule has 1 aromatic carbocycles. The van der Waals surface area contributed by atoms with Crippen molar-refractivity contribution in [3.8, 4) is 5.75 Å². The Labute approximate surface area is 191 Å². The summed E-state index contributed by atoms with van der Waals surface area (Å²) in [6, 6.07) is 4.48. The molecule has 0 saturated carbocycles. The third kappa shape index (κ3) is 7.82. The van der Waals surface area contributed by atoms with Crippen molar-refractivity contribution in [3.63, 3.8) is 0 Å². The Morgan fingerprint density at radius 2 is 1.77 bits per heavy atom. The second kappa shape index (κ2) is 12.2. The molecule has 1 aliphatic rings. The molecule has 1 aromatic rings. The highest BCUT2D eigenvalue weighted by Gasteiger charge is 2.41. The second-order valence-corrected chi connectivity index (χ2v) is 6.78. The van der Waals surface area contributed by atoms with Gasteiger partial charge in [0.05, 0.1) is 6.54 Å². The number of carbonyl (C=O) groups excluding carboxylic acids is 1. The van der Waals surface area contributed by atoms with E-state index in [1.807, 2.05) is 11.8 Å². The summed E-state index contributed by atoms with van der Waals surface area (Å²) < 4.78 is 38.7. The van der Waals surface area contributed by atoms with Crippen molar-refractivity contribution in [2.24, 2.45) is 4.99 Å². The van der Waals surface area contributed by atoms with Crippen LogP contribution in [-0.4, -0.2) is 84.8 Å². The largest absolute Gasteiger partial charge is 0.508 e. The number of piperazine rings is 1. The predicted octanol–water partition coefficient (Wildman–Crippen LogP) is 2.27. The summed E-state index contributed by atoms with van der Waals surface area (Å²) in [5, 5.41) is 15.2. The number of rotatable bonds is 6. The molecule has 2 rings (SSSR count). The summed E-state index contributed by atoms with van der Waals surface area (Å²) >= 11 is 0. The van der Waals surface area contributed by atoms with Crippen molar-refractivity contribution in [1.82, 2.24) is 20.4 Å². The van der Waals surface area contributed by atoms with Crippen LogP contribution in [0.3, 0.4) is 0 Å². The first kappa shape index (κ1) is 26.3. The molecular formula is C19H29F3IN5O2. The van der Waals surface area contributed by atoms with E-state index in [-0.39, 0.29) is 35.6 Å². The molecule has 0 spiro atoms. The van der Waals surface area contributed by atoms with Gasteiger partial charge in [-0.15, -0.1) is 24.0 Å². The quantitative estimate of drug-likeness (QED) is 0.222. The zero-order valence-electron chi connectivity index (χ0n) is 17.1. The highest BCUT2D eigenvalue weighted by atomic mass is 127. The van der Waals surface area contributed by atoms with E-state index in [9.17, 15) is 23.1 Å². The zero-order valence-corrected chi connectivity index (χ0v) is 19.4. The SMILES string of the molecule is CCNC(=NCCNC(=O)c1ccc(O)cc1)N1CCN(C(C)C(F)(F)F)CC1.I. The van der Waals surface area contributed by atoms with Gasteiger partial charge >= 0.3 is 6.18 Å². The maximum Gasteiger partial charge on any atom is 0.403 e. The van der Waals surface area contributed by atoms with Crippen LogP contribution in [0.2, 0.25) is 0 Å². The zero-order chi connectivity index (χ0) is 21.4. The van der Waals surface area contributed by atoms with Gasteiger partial charge in [-0.05, 0) is 38.1 Å². The number of halogens is 4. The molecular weight excluding hydrogens is 514 g/mol. The molecule has 1 saturated heterocycles. The topological polar surface area (TPSA) is 80.2 Å². The number of amides is 1. The van der Waals surface area contributed by atoms with Crippen molar-refractivity contribution in [2.45, 2.75) is 26.1 Å². The van der Waals surface area contributed by atoms with Crippen LogP contribution in [0.15, 0.2) is 29.3 Å². The maximum atomic E-state index is 12.9. The molecule has 30 heavy (non-hydrogen) atoms. The molecule has 11 heteroatoms. The number of nitrogens with one attached hydrogen (secondary N) is 2. The van der Waals surface area contributed by atoms with Crippen LogP contribution in [0.4, 0.5) is 13.2 Å². The third-order valence-electron chi connectivity index (χ3n) is 4.76. The van der Waals surface area contributed by atoms with Gasteiger partial charge in [0.25, 0.3) is 5.91 Å². The fraction of sp³-hybridized carbons (Fsp3) is 0.579. The summed E-state index contributed by atoms with van der Waals surface area (Å²) in [5.74, 6) is 0.455. The Hall–Kier alpha value is -1.76. The van der Waals surface area contributed by atoms with Gasteiger partial charge in [-0.25, -0.2) is 0 Å². The van der Waals surface area contributed by atoms with Crippen LogP contribution >= 0.6 is 24.0 Å². The Morgan fingerprint density at radius 3 is 2.30 bits per heavy atom. The standard InChI is InChI=1S/C19H28F3N5O2.HI/c1-3-23-18(27-12-10-26(11-13-27)14(2)19(20,21)22)25-9-8-24-17(29)15-4-6-16(28)7-5-15;/h4-7,14,28H,3,8-13H2,1-2H3,(H,23,25)(H,24,29);1H. The summed E-state index contributed by atoms with van der Waals surface area (Å²) in [6.07, 6.45) is -4.23. The van der Waals surface area contributed by atoms with E-state index < -0.39 is 12.2 Å². The predicted molar refractivity (Wildman–Crippen MR) is 120 cm³/mol. The van der Waals surface area contributed by atoms with Crippen LogP contribution in [-0.2, 0) is 0 Å². The average Bonchev–Trinajstić information content (AvgIpc) is 2.69. The molecule has 0 radical (unpaired) electrons. The highest BCUT2D eigenvalue weighted by molar-refractivity contribution is 14.0. The fourth-order valence-electron chi connectivity index (χ4n) is 3.00. The first-order valence-electron chi connectivity index (χ1n) is 9.63. The molecule has 1 atom stereocenters. The minimum Gasteiger partial charge on any atom is -0.508 e. The van der Waals surface area contributed by atoms with Gasteiger partial charge in [0, 0.05) is 44.8 Å². The molecule has 0 aromatic heterocycles. The van der Waals surface area contributed by atoms with E-state index in [1.54, 1.807) is 0 Å². The molecule has 1 fully saturated rings. The molecule has 1 amide bonds. The normalized spacial score (nSPS) is 16.6. The van der Waals surface area contributed by atoms with Crippen LogP contribution in [0.5, 0.6) is 5.75 Å². The van der Waals surface area contributed by atoms with Crippen molar-refractivity contribution < 1.29 is 23.1 Å². The average molecular weight is 543 g/mol. The molecule has 1 unspecified atom stereocenters. The van der Waals surface area contributed by atoms with Crippen molar-refractivity contribution in [1.29, 1.82) is 0 Å². The van der Waals surface area contributed by atoms with E-state index in [0.29, 0.717) is 57.3 Å². The third-order valence-corrected chi connectivity index (χ3v) is 4.76. The Morgan fingerprint density at radius 1 is 1.17 bits per heavy atom. The van der Waals surface area contributed by atoms with Gasteiger partial charge in [-0.2, -0.15) is 13.2 Å². The number of hydrogen-bond donors (Lipinski definition) is 3. The summed E-state index contributed by atoms with van der Waals surface area (Å²) in [6.45, 7) is 5.92. The Bertz CT molecular complexity index is 692.